The van der Waals surface area contributed by atoms with Gasteiger partial charge >= 0.3 is 8.25 Å². The van der Waals surface area contributed by atoms with Crippen molar-refractivity contribution in [2.24, 2.45) is 5.92 Å². The van der Waals surface area contributed by atoms with Crippen LogP contribution in [0.2, 0.25) is 5.82 Å². The Balaban J connectivity index is 1.96. The van der Waals surface area contributed by atoms with Gasteiger partial charge in [0.2, 0.25) is 0 Å². The third-order valence-electron chi connectivity index (χ3n) is 6.04. The fourth-order valence-corrected chi connectivity index (χ4v) is 4.79. The molecule has 3 unspecified atom stereocenters. The summed E-state index contributed by atoms with van der Waals surface area (Å²) in [6.45, 7) is 2.73. The van der Waals surface area contributed by atoms with Gasteiger partial charge in [-0.2, -0.15) is 0 Å². The fraction of sp³-hybridized carbons (Fsp3) is 1.00. The van der Waals surface area contributed by atoms with Crippen LogP contribution in [0.5, 0.6) is 0 Å². The van der Waals surface area contributed by atoms with Crippen molar-refractivity contribution < 1.29 is 23.8 Å². The van der Waals surface area contributed by atoms with E-state index in [0.29, 0.717) is 13.0 Å². The van der Waals surface area contributed by atoms with Crippen molar-refractivity contribution in [1.82, 2.24) is 0 Å². The average molecular weight is 429 g/mol. The third kappa shape index (κ3) is 12.4. The van der Waals surface area contributed by atoms with E-state index in [9.17, 15) is 9.67 Å². The minimum absolute atomic E-state index is 0.111. The zero-order valence-electron chi connectivity index (χ0n) is 18.5. The van der Waals surface area contributed by atoms with Gasteiger partial charge in [-0.25, -0.2) is 0 Å². The van der Waals surface area contributed by atoms with E-state index in [-0.39, 0.29) is 18.3 Å². The lowest BCUT2D eigenvalue weighted by Crippen LogP contribution is -2.32. The van der Waals surface area contributed by atoms with E-state index < -0.39 is 20.5 Å². The van der Waals surface area contributed by atoms with E-state index in [1.165, 1.54) is 77.0 Å². The molecule has 29 heavy (non-hydrogen) atoms. The van der Waals surface area contributed by atoms with Crippen LogP contribution >= 0.6 is 8.25 Å². The van der Waals surface area contributed by atoms with Gasteiger partial charge in [-0.05, 0) is 18.7 Å². The van der Waals surface area contributed by atoms with Gasteiger partial charge < -0.3 is 9.84 Å². The molecule has 1 aliphatic carbocycles. The van der Waals surface area contributed by atoms with Crippen LogP contribution in [-0.4, -0.2) is 43.3 Å². The normalized spacial score (nSPS) is 24.9. The highest BCUT2D eigenvalue weighted by molar-refractivity contribution is 7.32. The SMILES string of the molecule is [B][C@@H]1C[C@H](CO)C(O[P+](=O)O)C1OCCCCCCCCCCCCCCCC. The summed E-state index contributed by atoms with van der Waals surface area (Å²) in [5.74, 6) is -0.504. The fourth-order valence-electron chi connectivity index (χ4n) is 4.29. The molecular formula is C22H43BO5P+. The standard InChI is InChI=1S/C22H42BO5P/c1-2-3-4-5-6-7-8-9-10-11-12-13-14-15-16-27-22-20(23)17-19(18-24)21(22)28-29(25)26/h19-22,24H,2-18H2,1H3/p+1/t19-,20-,21?,22?/m1/s1. The maximum absolute atomic E-state index is 11.0. The highest BCUT2D eigenvalue weighted by Crippen LogP contribution is 2.41. The van der Waals surface area contributed by atoms with Crippen LogP contribution in [-0.2, 0) is 13.8 Å². The van der Waals surface area contributed by atoms with Gasteiger partial charge in [-0.3, -0.25) is 0 Å². The summed E-state index contributed by atoms with van der Waals surface area (Å²) in [5, 5.41) is 9.42. The molecule has 0 aliphatic heterocycles. The molecule has 2 radical (unpaired) electrons. The molecule has 0 aromatic carbocycles. The van der Waals surface area contributed by atoms with Crippen molar-refractivity contribution in [3.63, 3.8) is 0 Å². The smallest absolute Gasteiger partial charge is 0.396 e. The lowest BCUT2D eigenvalue weighted by atomic mass is 9.83. The molecule has 2 N–H and O–H groups in total. The summed E-state index contributed by atoms with van der Waals surface area (Å²) in [6.07, 6.45) is 17.9. The summed E-state index contributed by atoms with van der Waals surface area (Å²) in [7, 11) is 3.35. The molecule has 5 atom stereocenters. The van der Waals surface area contributed by atoms with Crippen LogP contribution in [0.15, 0.2) is 0 Å². The van der Waals surface area contributed by atoms with E-state index >= 15 is 0 Å². The molecule has 0 spiro atoms. The average Bonchev–Trinajstić information content (AvgIpc) is 2.99. The summed E-state index contributed by atoms with van der Waals surface area (Å²) in [5.41, 5.74) is 0. The number of hydrogen-bond donors (Lipinski definition) is 2. The lowest BCUT2D eigenvalue weighted by molar-refractivity contribution is -0.0283. The summed E-state index contributed by atoms with van der Waals surface area (Å²) < 4.78 is 22.0. The maximum atomic E-state index is 11.0. The second-order valence-electron chi connectivity index (χ2n) is 8.58. The first-order chi connectivity index (χ1) is 14.1. The van der Waals surface area contributed by atoms with Crippen molar-refractivity contribution in [3.05, 3.63) is 0 Å². The van der Waals surface area contributed by atoms with Crippen LogP contribution in [0.25, 0.3) is 0 Å². The monoisotopic (exact) mass is 429 g/mol. The molecule has 0 saturated heterocycles. The number of aliphatic hydroxyl groups excluding tert-OH is 1. The van der Waals surface area contributed by atoms with Gasteiger partial charge in [0.25, 0.3) is 0 Å². The number of aliphatic hydroxyl groups is 1. The van der Waals surface area contributed by atoms with Crippen molar-refractivity contribution in [2.45, 2.75) is 121 Å². The van der Waals surface area contributed by atoms with E-state index in [1.807, 2.05) is 0 Å². The quantitative estimate of drug-likeness (QED) is 0.153. The lowest BCUT2D eigenvalue weighted by Gasteiger charge is -2.21. The third-order valence-corrected chi connectivity index (χ3v) is 6.46. The maximum Gasteiger partial charge on any atom is 0.695 e. The molecule has 0 aromatic heterocycles. The van der Waals surface area contributed by atoms with Gasteiger partial charge in [0, 0.05) is 23.7 Å². The van der Waals surface area contributed by atoms with Crippen LogP contribution in [0.1, 0.15) is 103 Å². The van der Waals surface area contributed by atoms with Gasteiger partial charge in [0.05, 0.1) is 14.0 Å². The second kappa shape index (κ2) is 17.7. The molecule has 1 aliphatic rings. The first-order valence-corrected chi connectivity index (χ1v) is 13.0. The van der Waals surface area contributed by atoms with Gasteiger partial charge in [-0.15, -0.1) is 9.42 Å². The first-order valence-electron chi connectivity index (χ1n) is 11.9. The zero-order valence-corrected chi connectivity index (χ0v) is 19.4. The second-order valence-corrected chi connectivity index (χ2v) is 9.27. The van der Waals surface area contributed by atoms with Crippen molar-refractivity contribution in [3.8, 4) is 0 Å². The predicted molar refractivity (Wildman–Crippen MR) is 119 cm³/mol. The molecule has 1 saturated carbocycles. The Morgan fingerprint density at radius 2 is 1.34 bits per heavy atom. The topological polar surface area (TPSA) is 76.0 Å². The Morgan fingerprint density at radius 1 is 0.862 bits per heavy atom. The van der Waals surface area contributed by atoms with E-state index in [4.69, 9.17) is 22.0 Å². The molecule has 7 heteroatoms. The molecule has 5 nitrogen and oxygen atoms in total. The Bertz CT molecular complexity index is 413. The van der Waals surface area contributed by atoms with Gasteiger partial charge in [0.1, 0.15) is 6.10 Å². The highest BCUT2D eigenvalue weighted by Gasteiger charge is 2.46. The van der Waals surface area contributed by atoms with Gasteiger partial charge in [0.15, 0.2) is 0 Å². The summed E-state index contributed by atoms with van der Waals surface area (Å²) >= 11 is 0. The number of unbranched alkanes of at least 4 members (excludes halogenated alkanes) is 13. The molecule has 0 aromatic rings. The Kier molecular flexibility index (Phi) is 16.5. The largest absolute Gasteiger partial charge is 0.695 e. The van der Waals surface area contributed by atoms with Crippen LogP contribution in [0.4, 0.5) is 0 Å². The van der Waals surface area contributed by atoms with Crippen molar-refractivity contribution >= 4 is 16.1 Å². The molecule has 1 rings (SSSR count). The zero-order chi connectivity index (χ0) is 21.3. The van der Waals surface area contributed by atoms with E-state index in [0.717, 1.165) is 12.8 Å². The van der Waals surface area contributed by atoms with Gasteiger partial charge in [-0.1, -0.05) is 90.4 Å². The van der Waals surface area contributed by atoms with Crippen molar-refractivity contribution in [1.29, 1.82) is 0 Å². The molecule has 0 bridgehead atoms. The summed E-state index contributed by atoms with van der Waals surface area (Å²) in [4.78, 5) is 9.04. The minimum Gasteiger partial charge on any atom is -0.396 e. The Labute approximate surface area is 180 Å². The summed E-state index contributed by atoms with van der Waals surface area (Å²) in [6, 6.07) is 0. The molecule has 1 fully saturated rings. The molecular weight excluding hydrogens is 386 g/mol. The van der Waals surface area contributed by atoms with Crippen molar-refractivity contribution in [2.75, 3.05) is 13.2 Å². The highest BCUT2D eigenvalue weighted by atomic mass is 31.1. The number of rotatable bonds is 19. The molecule has 168 valence electrons. The Morgan fingerprint density at radius 3 is 1.79 bits per heavy atom. The Hall–Kier alpha value is 0.00494. The minimum atomic E-state index is -2.72. The van der Waals surface area contributed by atoms with Crippen LogP contribution < -0.4 is 0 Å². The number of hydrogen-bond acceptors (Lipinski definition) is 4. The first kappa shape index (κ1) is 27.0. The molecule has 0 heterocycles. The predicted octanol–water partition coefficient (Wildman–Crippen LogP) is 5.86. The molecule has 0 amide bonds. The van der Waals surface area contributed by atoms with E-state index in [1.54, 1.807) is 0 Å². The number of ether oxygens (including phenoxy) is 1. The van der Waals surface area contributed by atoms with E-state index in [2.05, 4.69) is 6.92 Å². The van der Waals surface area contributed by atoms with Crippen LogP contribution in [0.3, 0.4) is 0 Å². The van der Waals surface area contributed by atoms with Crippen LogP contribution in [0, 0.1) is 5.92 Å².